The van der Waals surface area contributed by atoms with E-state index in [0.717, 1.165) is 19.3 Å². The van der Waals surface area contributed by atoms with Gasteiger partial charge in [-0.1, -0.05) is 6.42 Å². The minimum atomic E-state index is -4.47. The first kappa shape index (κ1) is 19.0. The van der Waals surface area contributed by atoms with E-state index in [9.17, 15) is 22.8 Å². The van der Waals surface area contributed by atoms with Gasteiger partial charge >= 0.3 is 6.18 Å². The molecule has 1 saturated heterocycles. The van der Waals surface area contributed by atoms with Crippen LogP contribution in [0.15, 0.2) is 0 Å². The van der Waals surface area contributed by atoms with Gasteiger partial charge in [0.25, 0.3) is 0 Å². The first-order chi connectivity index (χ1) is 9.82. The normalized spacial score (nSPS) is 32.1. The summed E-state index contributed by atoms with van der Waals surface area (Å²) in [6, 6.07) is -1.92. The summed E-state index contributed by atoms with van der Waals surface area (Å²) in [6.45, 7) is 0.456. The van der Waals surface area contributed by atoms with Crippen LogP contribution in [0.1, 0.15) is 32.1 Å². The molecule has 0 aromatic rings. The molecule has 2 aliphatic rings. The number of carbonyl (C=O) groups excluding carboxylic acids is 2. The van der Waals surface area contributed by atoms with Crippen LogP contribution in [-0.4, -0.2) is 36.6 Å². The monoisotopic (exact) mass is 343 g/mol. The van der Waals surface area contributed by atoms with Gasteiger partial charge in [0.05, 0.1) is 0 Å². The van der Waals surface area contributed by atoms with Gasteiger partial charge in [0.2, 0.25) is 11.8 Å². The molecule has 0 radical (unpaired) electrons. The number of hydrogen-bond acceptors (Lipinski definition) is 3. The Balaban J connectivity index is 0.00000242. The highest BCUT2D eigenvalue weighted by molar-refractivity contribution is 6.01. The molecule has 4 N–H and O–H groups in total. The van der Waals surface area contributed by atoms with E-state index in [1.165, 1.54) is 0 Å². The van der Waals surface area contributed by atoms with Crippen LogP contribution in [0.4, 0.5) is 13.2 Å². The number of nitrogens with two attached hydrogens (primary N) is 1. The summed E-state index contributed by atoms with van der Waals surface area (Å²) in [5.41, 5.74) is 5.62. The van der Waals surface area contributed by atoms with Gasteiger partial charge in [0.1, 0.15) is 12.0 Å². The topological polar surface area (TPSA) is 84.2 Å². The van der Waals surface area contributed by atoms with E-state index >= 15 is 0 Å². The molecule has 0 spiro atoms. The summed E-state index contributed by atoms with van der Waals surface area (Å²) in [5.74, 6) is -2.19. The van der Waals surface area contributed by atoms with Crippen molar-refractivity contribution in [3.8, 4) is 0 Å². The largest absolute Gasteiger partial charge is 0.408 e. The fraction of sp³-hybridized carbons (Fsp3) is 0.846. The van der Waals surface area contributed by atoms with Crippen molar-refractivity contribution in [1.29, 1.82) is 0 Å². The van der Waals surface area contributed by atoms with Crippen molar-refractivity contribution < 1.29 is 22.8 Å². The molecule has 2 amide bonds. The van der Waals surface area contributed by atoms with Crippen molar-refractivity contribution in [2.75, 3.05) is 6.54 Å². The smallest absolute Gasteiger partial charge is 0.352 e. The summed E-state index contributed by atoms with van der Waals surface area (Å²) < 4.78 is 37.6. The second kappa shape index (κ2) is 7.50. The molecule has 128 valence electrons. The number of halogens is 4. The minimum Gasteiger partial charge on any atom is -0.352 e. The number of rotatable bonds is 3. The maximum absolute atomic E-state index is 12.5. The number of piperidine rings is 1. The average Bonchev–Trinajstić information content (AvgIpc) is 2.84. The summed E-state index contributed by atoms with van der Waals surface area (Å²) in [5, 5.41) is 4.66. The van der Waals surface area contributed by atoms with Crippen LogP contribution in [0.5, 0.6) is 0 Å². The molecule has 4 atom stereocenters. The highest BCUT2D eigenvalue weighted by atomic mass is 35.5. The lowest BCUT2D eigenvalue weighted by Crippen LogP contribution is -2.55. The van der Waals surface area contributed by atoms with Crippen LogP contribution in [0.2, 0.25) is 0 Å². The van der Waals surface area contributed by atoms with Crippen LogP contribution in [0.25, 0.3) is 0 Å². The summed E-state index contributed by atoms with van der Waals surface area (Å²) in [4.78, 5) is 23.8. The molecule has 4 unspecified atom stereocenters. The van der Waals surface area contributed by atoms with Crippen molar-refractivity contribution in [2.24, 2.45) is 17.6 Å². The second-order valence-corrected chi connectivity index (χ2v) is 5.77. The zero-order valence-electron chi connectivity index (χ0n) is 12.0. The first-order valence-corrected chi connectivity index (χ1v) is 7.20. The Morgan fingerprint density at radius 2 is 1.95 bits per heavy atom. The van der Waals surface area contributed by atoms with Crippen molar-refractivity contribution in [2.45, 2.75) is 50.4 Å². The molecule has 1 aliphatic carbocycles. The fourth-order valence-corrected chi connectivity index (χ4v) is 3.10. The quantitative estimate of drug-likeness (QED) is 0.671. The number of nitrogens with one attached hydrogen (secondary N) is 2. The van der Waals surface area contributed by atoms with Gasteiger partial charge in [-0.2, -0.15) is 13.2 Å². The third kappa shape index (κ3) is 4.25. The SMILES string of the molecule is Cl.NCC1CCCC1NC(=O)C1CCC(C(F)(F)F)NC1=O. The number of amides is 2. The number of alkyl halides is 3. The maximum Gasteiger partial charge on any atom is 0.408 e. The van der Waals surface area contributed by atoms with Crippen LogP contribution < -0.4 is 16.4 Å². The molecule has 1 saturated carbocycles. The molecule has 0 aromatic carbocycles. The van der Waals surface area contributed by atoms with Crippen molar-refractivity contribution in [1.82, 2.24) is 10.6 Å². The van der Waals surface area contributed by atoms with Crippen LogP contribution >= 0.6 is 12.4 Å². The lowest BCUT2D eigenvalue weighted by atomic mass is 9.92. The van der Waals surface area contributed by atoms with Gasteiger partial charge in [-0.3, -0.25) is 9.59 Å². The third-order valence-corrected chi connectivity index (χ3v) is 4.38. The van der Waals surface area contributed by atoms with Crippen molar-refractivity contribution in [3.05, 3.63) is 0 Å². The Hall–Kier alpha value is -1.02. The minimum absolute atomic E-state index is 0. The fourth-order valence-electron chi connectivity index (χ4n) is 3.10. The highest BCUT2D eigenvalue weighted by Gasteiger charge is 2.46. The molecule has 1 heterocycles. The maximum atomic E-state index is 12.5. The van der Waals surface area contributed by atoms with E-state index in [2.05, 4.69) is 5.32 Å². The molecule has 9 heteroatoms. The standard InChI is InChI=1S/C13H20F3N3O2.ClH/c14-13(15,16)10-5-4-8(12(21)19-10)11(20)18-9-3-1-2-7(9)6-17;/h7-10H,1-6,17H2,(H,18,20)(H,19,21);1H. The molecular formula is C13H21ClF3N3O2. The Kier molecular flexibility index (Phi) is 6.49. The molecule has 2 rings (SSSR count). The molecule has 5 nitrogen and oxygen atoms in total. The van der Waals surface area contributed by atoms with E-state index in [-0.39, 0.29) is 37.2 Å². The van der Waals surface area contributed by atoms with Crippen LogP contribution in [-0.2, 0) is 9.59 Å². The van der Waals surface area contributed by atoms with Gasteiger partial charge in [-0.25, -0.2) is 0 Å². The zero-order valence-corrected chi connectivity index (χ0v) is 12.8. The lowest BCUT2D eigenvalue weighted by molar-refractivity contribution is -0.171. The predicted molar refractivity (Wildman–Crippen MR) is 76.3 cm³/mol. The van der Waals surface area contributed by atoms with E-state index in [0.29, 0.717) is 6.54 Å². The second-order valence-electron chi connectivity index (χ2n) is 5.77. The van der Waals surface area contributed by atoms with Crippen LogP contribution in [0, 0.1) is 11.8 Å². The number of hydrogen-bond donors (Lipinski definition) is 3. The van der Waals surface area contributed by atoms with Gasteiger partial charge in [0, 0.05) is 6.04 Å². The van der Waals surface area contributed by atoms with E-state index in [1.54, 1.807) is 0 Å². The van der Waals surface area contributed by atoms with Crippen molar-refractivity contribution in [3.63, 3.8) is 0 Å². The van der Waals surface area contributed by atoms with Gasteiger partial charge in [-0.05, 0) is 38.1 Å². The predicted octanol–water partition coefficient (Wildman–Crippen LogP) is 1.11. The highest BCUT2D eigenvalue weighted by Crippen LogP contribution is 2.29. The zero-order chi connectivity index (χ0) is 15.6. The first-order valence-electron chi connectivity index (χ1n) is 7.20. The molecule has 0 aromatic heterocycles. The Labute approximate surface area is 133 Å². The van der Waals surface area contributed by atoms with Crippen LogP contribution in [0.3, 0.4) is 0 Å². The summed E-state index contributed by atoms with van der Waals surface area (Å²) >= 11 is 0. The molecule has 2 fully saturated rings. The summed E-state index contributed by atoms with van der Waals surface area (Å²) in [6.07, 6.45) is -2.13. The average molecular weight is 344 g/mol. The Morgan fingerprint density at radius 3 is 2.50 bits per heavy atom. The molecule has 0 bridgehead atoms. The van der Waals surface area contributed by atoms with Gasteiger partial charge in [0.15, 0.2) is 0 Å². The lowest BCUT2D eigenvalue weighted by Gasteiger charge is -2.31. The molecule has 1 aliphatic heterocycles. The van der Waals surface area contributed by atoms with Gasteiger partial charge in [-0.15, -0.1) is 12.4 Å². The van der Waals surface area contributed by atoms with E-state index in [4.69, 9.17) is 5.73 Å². The van der Waals surface area contributed by atoms with Gasteiger partial charge < -0.3 is 16.4 Å². The number of carbonyl (C=O) groups is 2. The van der Waals surface area contributed by atoms with Crippen molar-refractivity contribution >= 4 is 24.2 Å². The van der Waals surface area contributed by atoms with E-state index in [1.807, 2.05) is 5.32 Å². The molecule has 22 heavy (non-hydrogen) atoms. The van der Waals surface area contributed by atoms with E-state index < -0.39 is 30.0 Å². The Morgan fingerprint density at radius 1 is 1.27 bits per heavy atom. The molecular weight excluding hydrogens is 323 g/mol. The summed E-state index contributed by atoms with van der Waals surface area (Å²) in [7, 11) is 0. The third-order valence-electron chi connectivity index (χ3n) is 4.38. The Bertz CT molecular complexity index is 420.